The number of hydrogen-bond acceptors (Lipinski definition) is 6. The summed E-state index contributed by atoms with van der Waals surface area (Å²) in [5.74, 6) is 1.07. The lowest BCUT2D eigenvalue weighted by Crippen LogP contribution is -2.23. The van der Waals surface area contributed by atoms with Gasteiger partial charge in [-0.1, -0.05) is 24.2 Å². The summed E-state index contributed by atoms with van der Waals surface area (Å²) in [5.41, 5.74) is 1.78. The highest BCUT2D eigenvalue weighted by atomic mass is 15.2. The van der Waals surface area contributed by atoms with E-state index in [9.17, 15) is 10.5 Å². The first-order chi connectivity index (χ1) is 16.3. The van der Waals surface area contributed by atoms with Gasteiger partial charge in [0, 0.05) is 11.5 Å². The van der Waals surface area contributed by atoms with Crippen LogP contribution in [-0.2, 0) is 5.41 Å². The van der Waals surface area contributed by atoms with Crippen LogP contribution in [0.3, 0.4) is 0 Å². The largest absolute Gasteiger partial charge is 0.373 e. The van der Waals surface area contributed by atoms with Crippen molar-refractivity contribution in [2.75, 3.05) is 0 Å². The van der Waals surface area contributed by atoms with E-state index in [0.717, 1.165) is 5.56 Å². The quantitative estimate of drug-likeness (QED) is 0.433. The highest BCUT2D eigenvalue weighted by Crippen LogP contribution is 2.33. The predicted molar refractivity (Wildman–Crippen MR) is 122 cm³/mol. The Bertz CT molecular complexity index is 1590. The van der Waals surface area contributed by atoms with Gasteiger partial charge in [0.2, 0.25) is 5.82 Å². The topological polar surface area (TPSA) is 118 Å². The molecule has 4 aromatic rings. The molecule has 10 heteroatoms. The standard InChI is InChI=1S/C24H16N10/c1-15-9-19(32-21(10-15)34-14-30-22(27-4)23(34)28-5)24(2,3)18-7-6-8-20(31-18)33-13-29-16(11-25)17(33)12-26/h6-10,13-14H,1-3H3. The molecular weight excluding hydrogens is 428 g/mol. The van der Waals surface area contributed by atoms with E-state index < -0.39 is 5.41 Å². The molecule has 34 heavy (non-hydrogen) atoms. The van der Waals surface area contributed by atoms with Crippen molar-refractivity contribution in [1.29, 1.82) is 10.5 Å². The molecule has 0 aliphatic heterocycles. The first kappa shape index (κ1) is 21.9. The summed E-state index contributed by atoms with van der Waals surface area (Å²) in [6.07, 6.45) is 2.83. The second-order valence-electron chi connectivity index (χ2n) is 7.91. The Labute approximate surface area is 195 Å². The predicted octanol–water partition coefficient (Wildman–Crippen LogP) is 4.33. The molecule has 0 atom stereocenters. The van der Waals surface area contributed by atoms with Crippen LogP contribution in [0.2, 0.25) is 0 Å². The van der Waals surface area contributed by atoms with Crippen LogP contribution in [0.15, 0.2) is 43.0 Å². The van der Waals surface area contributed by atoms with Gasteiger partial charge in [0.05, 0.1) is 11.4 Å². The molecule has 4 aromatic heterocycles. The van der Waals surface area contributed by atoms with E-state index >= 15 is 0 Å². The van der Waals surface area contributed by atoms with Gasteiger partial charge in [-0.05, 0) is 44.5 Å². The lowest BCUT2D eigenvalue weighted by molar-refractivity contribution is 0.590. The van der Waals surface area contributed by atoms with Crippen molar-refractivity contribution in [2.24, 2.45) is 0 Å². The molecule has 0 unspecified atom stereocenters. The highest BCUT2D eigenvalue weighted by Gasteiger charge is 2.29. The van der Waals surface area contributed by atoms with Gasteiger partial charge in [-0.2, -0.15) is 10.5 Å². The van der Waals surface area contributed by atoms with E-state index in [1.165, 1.54) is 21.8 Å². The van der Waals surface area contributed by atoms with Crippen LogP contribution in [0.25, 0.3) is 21.3 Å². The molecular formula is C24H16N10. The fraction of sp³-hybridized carbons (Fsp3) is 0.167. The maximum absolute atomic E-state index is 9.47. The van der Waals surface area contributed by atoms with Gasteiger partial charge in [0.25, 0.3) is 18.0 Å². The number of aryl methyl sites for hydroxylation is 1. The Kier molecular flexibility index (Phi) is 5.35. The Morgan fingerprint density at radius 2 is 1.65 bits per heavy atom. The first-order valence-corrected chi connectivity index (χ1v) is 10.0. The molecule has 0 aliphatic rings. The van der Waals surface area contributed by atoms with Gasteiger partial charge < -0.3 is 9.69 Å². The van der Waals surface area contributed by atoms with Gasteiger partial charge in [-0.15, -0.1) is 0 Å². The van der Waals surface area contributed by atoms with E-state index in [-0.39, 0.29) is 23.0 Å². The van der Waals surface area contributed by atoms with E-state index in [0.29, 0.717) is 23.0 Å². The van der Waals surface area contributed by atoms with Gasteiger partial charge in [0.1, 0.15) is 24.3 Å². The summed E-state index contributed by atoms with van der Waals surface area (Å²) in [5, 5.41) is 18.7. The Morgan fingerprint density at radius 3 is 2.32 bits per heavy atom. The van der Waals surface area contributed by atoms with E-state index in [2.05, 4.69) is 19.7 Å². The number of aromatic nitrogens is 6. The second kappa shape index (κ2) is 8.31. The molecule has 0 aromatic carbocycles. The first-order valence-electron chi connectivity index (χ1n) is 10.0. The molecule has 0 fully saturated rings. The van der Waals surface area contributed by atoms with Crippen LogP contribution in [0.1, 0.15) is 42.2 Å². The van der Waals surface area contributed by atoms with Gasteiger partial charge >= 0.3 is 0 Å². The molecule has 0 amide bonds. The second-order valence-corrected chi connectivity index (χ2v) is 7.91. The Hall–Kier alpha value is -5.32. The maximum atomic E-state index is 9.47. The Morgan fingerprint density at radius 1 is 0.912 bits per heavy atom. The molecule has 0 aliphatic carbocycles. The average molecular weight is 444 g/mol. The van der Waals surface area contributed by atoms with Crippen LogP contribution >= 0.6 is 0 Å². The van der Waals surface area contributed by atoms with Crippen molar-refractivity contribution in [3.05, 3.63) is 94.2 Å². The van der Waals surface area contributed by atoms with Crippen LogP contribution in [0, 0.1) is 42.7 Å². The number of rotatable bonds is 4. The molecule has 0 saturated carbocycles. The molecule has 10 nitrogen and oxygen atoms in total. The Balaban J connectivity index is 1.82. The van der Waals surface area contributed by atoms with Gasteiger partial charge in [-0.3, -0.25) is 4.57 Å². The molecule has 0 spiro atoms. The number of nitrogens with zero attached hydrogens (tertiary/aromatic N) is 10. The van der Waals surface area contributed by atoms with Crippen molar-refractivity contribution in [1.82, 2.24) is 29.1 Å². The third-order valence-corrected chi connectivity index (χ3v) is 5.38. The van der Waals surface area contributed by atoms with Gasteiger partial charge in [-0.25, -0.2) is 19.5 Å². The van der Waals surface area contributed by atoms with Crippen LogP contribution in [0.4, 0.5) is 11.6 Å². The summed E-state index contributed by atoms with van der Waals surface area (Å²) in [7, 11) is 0. The van der Waals surface area contributed by atoms with E-state index in [1.54, 1.807) is 6.07 Å². The zero-order valence-electron chi connectivity index (χ0n) is 18.5. The fourth-order valence-electron chi connectivity index (χ4n) is 3.52. The molecule has 162 valence electrons. The normalized spacial score (nSPS) is 10.7. The fourth-order valence-corrected chi connectivity index (χ4v) is 3.52. The minimum Gasteiger partial charge on any atom is -0.373 e. The SMILES string of the molecule is [C-]#[N+]c1ncn(-c2cc(C)cc(C(C)(C)c3cccc(-n4cnc(C#N)c4C#N)n3)n2)c1[N+]#[C-]. The number of nitriles is 2. The van der Waals surface area contributed by atoms with Crippen LogP contribution in [-0.4, -0.2) is 29.1 Å². The summed E-state index contributed by atoms with van der Waals surface area (Å²) >= 11 is 0. The summed E-state index contributed by atoms with van der Waals surface area (Å²) in [6, 6.07) is 13.1. The zero-order valence-corrected chi connectivity index (χ0v) is 18.5. The molecule has 0 saturated heterocycles. The molecule has 0 bridgehead atoms. The summed E-state index contributed by atoms with van der Waals surface area (Å²) in [6.45, 7) is 20.5. The summed E-state index contributed by atoms with van der Waals surface area (Å²) in [4.78, 5) is 24.3. The van der Waals surface area contributed by atoms with Crippen molar-refractivity contribution in [3.8, 4) is 23.8 Å². The molecule has 0 N–H and O–H groups in total. The van der Waals surface area contributed by atoms with Crippen molar-refractivity contribution in [3.63, 3.8) is 0 Å². The van der Waals surface area contributed by atoms with Crippen molar-refractivity contribution in [2.45, 2.75) is 26.2 Å². The van der Waals surface area contributed by atoms with E-state index in [4.69, 9.17) is 23.1 Å². The third-order valence-electron chi connectivity index (χ3n) is 5.38. The summed E-state index contributed by atoms with van der Waals surface area (Å²) < 4.78 is 2.98. The third kappa shape index (κ3) is 3.52. The molecule has 0 radical (unpaired) electrons. The minimum absolute atomic E-state index is 0.0267. The molecule has 4 heterocycles. The average Bonchev–Trinajstić information content (AvgIpc) is 3.47. The lowest BCUT2D eigenvalue weighted by Gasteiger charge is -2.25. The van der Waals surface area contributed by atoms with Crippen molar-refractivity contribution >= 4 is 11.6 Å². The number of imidazole rings is 2. The monoisotopic (exact) mass is 444 g/mol. The van der Waals surface area contributed by atoms with Crippen LogP contribution in [0.5, 0.6) is 0 Å². The smallest absolute Gasteiger partial charge is 0.293 e. The highest BCUT2D eigenvalue weighted by molar-refractivity contribution is 5.64. The van der Waals surface area contributed by atoms with Gasteiger partial charge in [0.15, 0.2) is 11.4 Å². The maximum Gasteiger partial charge on any atom is 0.293 e. The van der Waals surface area contributed by atoms with Crippen molar-refractivity contribution < 1.29 is 0 Å². The lowest BCUT2D eigenvalue weighted by atomic mass is 9.84. The number of pyridine rings is 2. The minimum atomic E-state index is -0.663. The number of hydrogen-bond donors (Lipinski definition) is 0. The van der Waals surface area contributed by atoms with E-state index in [1.807, 2.05) is 57.2 Å². The molecule has 4 rings (SSSR count). The van der Waals surface area contributed by atoms with Crippen LogP contribution < -0.4 is 0 Å². The zero-order chi connectivity index (χ0) is 24.5.